The zero-order chi connectivity index (χ0) is 12.3. The van der Waals surface area contributed by atoms with Gasteiger partial charge in [0.05, 0.1) is 5.57 Å². The van der Waals surface area contributed by atoms with Crippen molar-refractivity contribution in [1.82, 2.24) is 4.90 Å². The van der Waals surface area contributed by atoms with Crippen LogP contribution in [0.2, 0.25) is 0 Å². The van der Waals surface area contributed by atoms with Crippen LogP contribution in [0.5, 0.6) is 0 Å². The molecule has 16 heavy (non-hydrogen) atoms. The number of hydrogen-bond acceptors (Lipinski definition) is 2. The number of nitrogens with zero attached hydrogens (tertiary/aromatic N) is 1. The van der Waals surface area contributed by atoms with E-state index in [0.29, 0.717) is 11.6 Å². The summed E-state index contributed by atoms with van der Waals surface area (Å²) in [6, 6.07) is 0.321. The van der Waals surface area contributed by atoms with Crippen LogP contribution in [0.3, 0.4) is 0 Å². The molecule has 0 heterocycles. The maximum atomic E-state index is 12.2. The number of hydrogen-bond donors (Lipinski definition) is 0. The van der Waals surface area contributed by atoms with Crippen molar-refractivity contribution >= 4 is 11.7 Å². The number of rotatable bonds is 3. The van der Waals surface area contributed by atoms with Gasteiger partial charge < -0.3 is 4.90 Å². The summed E-state index contributed by atoms with van der Waals surface area (Å²) in [5.74, 6) is -0.241. The van der Waals surface area contributed by atoms with E-state index in [9.17, 15) is 9.59 Å². The van der Waals surface area contributed by atoms with Crippen molar-refractivity contribution in [3.05, 3.63) is 11.1 Å². The van der Waals surface area contributed by atoms with Gasteiger partial charge in [0.1, 0.15) is 0 Å². The van der Waals surface area contributed by atoms with Crippen molar-refractivity contribution in [3.8, 4) is 0 Å². The maximum absolute atomic E-state index is 12.2. The Morgan fingerprint density at radius 1 is 1.06 bits per heavy atom. The zero-order valence-electron chi connectivity index (χ0n) is 10.7. The second kappa shape index (κ2) is 5.28. The Labute approximate surface area is 97.5 Å². The molecular formula is C13H21NO2. The Balaban J connectivity index is 2.83. The van der Waals surface area contributed by atoms with Crippen molar-refractivity contribution in [1.29, 1.82) is 0 Å². The van der Waals surface area contributed by atoms with Crippen molar-refractivity contribution < 1.29 is 9.59 Å². The smallest absolute Gasteiger partial charge is 0.257 e. The summed E-state index contributed by atoms with van der Waals surface area (Å²) in [5.41, 5.74) is 1.16. The van der Waals surface area contributed by atoms with Gasteiger partial charge in [-0.3, -0.25) is 9.59 Å². The summed E-state index contributed by atoms with van der Waals surface area (Å²) in [5, 5.41) is 0. The molecule has 0 bridgehead atoms. The SMILES string of the molecule is CC(=O)C(C(=O)N(C)C1CCCC1)=C(C)C. The third-order valence-corrected chi connectivity index (χ3v) is 3.26. The monoisotopic (exact) mass is 223 g/mol. The molecule has 0 spiro atoms. The standard InChI is InChI=1S/C13H21NO2/c1-9(2)12(10(3)15)13(16)14(4)11-7-5-6-8-11/h11H,5-8H2,1-4H3. The number of carbonyl (C=O) groups is 2. The molecule has 0 unspecified atom stereocenters. The molecule has 1 aliphatic carbocycles. The van der Waals surface area contributed by atoms with Crippen molar-refractivity contribution in [3.63, 3.8) is 0 Å². The Morgan fingerprint density at radius 3 is 1.94 bits per heavy atom. The van der Waals surface area contributed by atoms with E-state index in [1.807, 2.05) is 20.9 Å². The fourth-order valence-corrected chi connectivity index (χ4v) is 2.35. The quantitative estimate of drug-likeness (QED) is 0.418. The summed E-state index contributed by atoms with van der Waals surface area (Å²) in [4.78, 5) is 25.3. The summed E-state index contributed by atoms with van der Waals surface area (Å²) in [7, 11) is 1.81. The van der Waals surface area contributed by atoms with Crippen LogP contribution >= 0.6 is 0 Å². The van der Waals surface area contributed by atoms with Gasteiger partial charge in [-0.05, 0) is 33.6 Å². The van der Waals surface area contributed by atoms with Crippen LogP contribution in [-0.2, 0) is 9.59 Å². The van der Waals surface area contributed by atoms with Gasteiger partial charge in [-0.25, -0.2) is 0 Å². The van der Waals surface area contributed by atoms with E-state index in [0.717, 1.165) is 18.4 Å². The topological polar surface area (TPSA) is 37.4 Å². The summed E-state index contributed by atoms with van der Waals surface area (Å²) >= 11 is 0. The largest absolute Gasteiger partial charge is 0.339 e. The first-order chi connectivity index (χ1) is 7.45. The van der Waals surface area contributed by atoms with Gasteiger partial charge in [0.15, 0.2) is 5.78 Å². The minimum Gasteiger partial charge on any atom is -0.339 e. The van der Waals surface area contributed by atoms with Gasteiger partial charge >= 0.3 is 0 Å². The summed E-state index contributed by atoms with van der Waals surface area (Å²) in [6.45, 7) is 5.09. The van der Waals surface area contributed by atoms with Crippen LogP contribution in [0.4, 0.5) is 0 Å². The first-order valence-electron chi connectivity index (χ1n) is 5.90. The number of ketones is 1. The zero-order valence-corrected chi connectivity index (χ0v) is 10.7. The van der Waals surface area contributed by atoms with Gasteiger partial charge in [0.25, 0.3) is 5.91 Å². The fraction of sp³-hybridized carbons (Fsp3) is 0.692. The Kier molecular flexibility index (Phi) is 4.27. The lowest BCUT2D eigenvalue weighted by molar-refractivity contribution is -0.130. The van der Waals surface area contributed by atoms with Crippen LogP contribution in [0.15, 0.2) is 11.1 Å². The van der Waals surface area contributed by atoms with Crippen molar-refractivity contribution in [2.24, 2.45) is 0 Å². The number of carbonyl (C=O) groups excluding carboxylic acids is 2. The molecule has 1 rings (SSSR count). The van der Waals surface area contributed by atoms with Crippen molar-refractivity contribution in [2.45, 2.75) is 52.5 Å². The second-order valence-electron chi connectivity index (χ2n) is 4.79. The molecule has 0 aliphatic heterocycles. The lowest BCUT2D eigenvalue weighted by Gasteiger charge is -2.25. The van der Waals surface area contributed by atoms with Gasteiger partial charge in [-0.15, -0.1) is 0 Å². The molecule has 0 N–H and O–H groups in total. The number of allylic oxidation sites excluding steroid dienone is 1. The Bertz CT molecular complexity index is 321. The minimum atomic E-state index is -0.130. The molecule has 0 aromatic carbocycles. The third kappa shape index (κ3) is 2.71. The highest BCUT2D eigenvalue weighted by atomic mass is 16.2. The van der Waals surface area contributed by atoms with Gasteiger partial charge in [-0.2, -0.15) is 0 Å². The van der Waals surface area contributed by atoms with E-state index in [-0.39, 0.29) is 11.7 Å². The third-order valence-electron chi connectivity index (χ3n) is 3.26. The van der Waals surface area contributed by atoms with E-state index in [4.69, 9.17) is 0 Å². The Morgan fingerprint density at radius 2 is 1.56 bits per heavy atom. The van der Waals surface area contributed by atoms with Crippen molar-refractivity contribution in [2.75, 3.05) is 7.05 Å². The summed E-state index contributed by atoms with van der Waals surface area (Å²) < 4.78 is 0. The molecule has 0 saturated heterocycles. The molecule has 0 atom stereocenters. The average molecular weight is 223 g/mol. The highest BCUT2D eigenvalue weighted by molar-refractivity contribution is 6.18. The lowest BCUT2D eigenvalue weighted by atomic mass is 10.0. The molecule has 3 nitrogen and oxygen atoms in total. The second-order valence-corrected chi connectivity index (χ2v) is 4.79. The van der Waals surface area contributed by atoms with E-state index in [1.165, 1.54) is 19.8 Å². The molecule has 1 saturated carbocycles. The first kappa shape index (κ1) is 12.9. The molecule has 1 aliphatic rings. The Hall–Kier alpha value is -1.12. The van der Waals surface area contributed by atoms with Crippen LogP contribution in [0.25, 0.3) is 0 Å². The van der Waals surface area contributed by atoms with E-state index in [1.54, 1.807) is 4.90 Å². The molecule has 0 aromatic rings. The molecule has 1 fully saturated rings. The van der Waals surface area contributed by atoms with Gasteiger partial charge in [0.2, 0.25) is 0 Å². The van der Waals surface area contributed by atoms with E-state index >= 15 is 0 Å². The van der Waals surface area contributed by atoms with E-state index in [2.05, 4.69) is 0 Å². The molecule has 0 radical (unpaired) electrons. The molecule has 3 heteroatoms. The first-order valence-corrected chi connectivity index (χ1v) is 5.90. The van der Waals surface area contributed by atoms with Crippen LogP contribution in [0.1, 0.15) is 46.5 Å². The fourth-order valence-electron chi connectivity index (χ4n) is 2.35. The maximum Gasteiger partial charge on any atom is 0.257 e. The van der Waals surface area contributed by atoms with Gasteiger partial charge in [0, 0.05) is 13.1 Å². The van der Waals surface area contributed by atoms with Gasteiger partial charge in [-0.1, -0.05) is 18.4 Å². The number of amides is 1. The predicted octanol–water partition coefficient (Wildman–Crippen LogP) is 2.31. The molecule has 1 amide bonds. The molecule has 0 aromatic heterocycles. The lowest BCUT2D eigenvalue weighted by Crippen LogP contribution is -2.37. The van der Waals surface area contributed by atoms with Crippen LogP contribution < -0.4 is 0 Å². The molecular weight excluding hydrogens is 202 g/mol. The number of Topliss-reactive ketones (excluding diaryl/α,β-unsaturated/α-hetero) is 1. The van der Waals surface area contributed by atoms with Crippen LogP contribution in [0, 0.1) is 0 Å². The normalized spacial score (nSPS) is 16.0. The highest BCUT2D eigenvalue weighted by Crippen LogP contribution is 2.24. The summed E-state index contributed by atoms with van der Waals surface area (Å²) in [6.07, 6.45) is 4.51. The minimum absolute atomic E-state index is 0.112. The van der Waals surface area contributed by atoms with E-state index < -0.39 is 0 Å². The predicted molar refractivity (Wildman–Crippen MR) is 64.1 cm³/mol. The van der Waals surface area contributed by atoms with Crippen LogP contribution in [-0.4, -0.2) is 29.7 Å². The average Bonchev–Trinajstić information content (AvgIpc) is 2.67. The molecule has 90 valence electrons. The number of likely N-dealkylation sites (N-methyl/N-ethyl adjacent to an activating group) is 1. The highest BCUT2D eigenvalue weighted by Gasteiger charge is 2.27.